The summed E-state index contributed by atoms with van der Waals surface area (Å²) in [4.78, 5) is 0. The molecule has 0 bridgehead atoms. The standard InChI is InChI=1S/C12H12BrNO/c1-14-10-5-3-2-4-9(10)12(13)11(14)6-8-7-15-8/h2-5,8H,6-7H2,1H3. The van der Waals surface area contributed by atoms with Gasteiger partial charge in [-0.1, -0.05) is 18.2 Å². The molecule has 0 amide bonds. The van der Waals surface area contributed by atoms with Crippen molar-refractivity contribution in [3.8, 4) is 0 Å². The number of benzene rings is 1. The zero-order valence-corrected chi connectivity index (χ0v) is 10.1. The Hall–Kier alpha value is -0.800. The highest BCUT2D eigenvalue weighted by Gasteiger charge is 2.26. The van der Waals surface area contributed by atoms with Crippen molar-refractivity contribution < 1.29 is 4.74 Å². The van der Waals surface area contributed by atoms with Gasteiger partial charge < -0.3 is 9.30 Å². The minimum Gasteiger partial charge on any atom is -0.373 e. The molecule has 78 valence electrons. The van der Waals surface area contributed by atoms with Gasteiger partial charge in [0.1, 0.15) is 0 Å². The molecule has 3 rings (SSSR count). The molecule has 1 aliphatic heterocycles. The van der Waals surface area contributed by atoms with Crippen LogP contribution in [-0.2, 0) is 18.2 Å². The van der Waals surface area contributed by atoms with Gasteiger partial charge in [-0.05, 0) is 22.0 Å². The van der Waals surface area contributed by atoms with Crippen molar-refractivity contribution in [2.45, 2.75) is 12.5 Å². The first-order valence-corrected chi connectivity index (χ1v) is 5.90. The van der Waals surface area contributed by atoms with E-state index in [1.807, 2.05) is 0 Å². The molecule has 1 aromatic heterocycles. The van der Waals surface area contributed by atoms with Crippen molar-refractivity contribution in [3.05, 3.63) is 34.4 Å². The number of para-hydroxylation sites is 1. The fourth-order valence-electron chi connectivity index (χ4n) is 2.03. The van der Waals surface area contributed by atoms with Crippen LogP contribution in [0.1, 0.15) is 5.69 Å². The van der Waals surface area contributed by atoms with Crippen molar-refractivity contribution in [3.63, 3.8) is 0 Å². The Morgan fingerprint density at radius 2 is 2.20 bits per heavy atom. The van der Waals surface area contributed by atoms with E-state index in [4.69, 9.17) is 4.74 Å². The monoisotopic (exact) mass is 265 g/mol. The van der Waals surface area contributed by atoms with Gasteiger partial charge in [-0.15, -0.1) is 0 Å². The Labute approximate surface area is 97.0 Å². The average molecular weight is 266 g/mol. The van der Waals surface area contributed by atoms with E-state index in [-0.39, 0.29) is 0 Å². The van der Waals surface area contributed by atoms with Crippen LogP contribution >= 0.6 is 15.9 Å². The average Bonchev–Trinajstić information content (AvgIpc) is 3.04. The number of fused-ring (bicyclic) bond motifs is 1. The molecule has 1 aliphatic rings. The molecular weight excluding hydrogens is 254 g/mol. The third kappa shape index (κ3) is 1.50. The third-order valence-electron chi connectivity index (χ3n) is 2.98. The summed E-state index contributed by atoms with van der Waals surface area (Å²) >= 11 is 3.68. The van der Waals surface area contributed by atoms with Crippen molar-refractivity contribution >= 4 is 26.8 Å². The number of rotatable bonds is 2. The lowest BCUT2D eigenvalue weighted by molar-refractivity contribution is 0.404. The summed E-state index contributed by atoms with van der Waals surface area (Å²) in [5, 5.41) is 1.29. The predicted octanol–water partition coefficient (Wildman–Crippen LogP) is 2.88. The van der Waals surface area contributed by atoms with E-state index < -0.39 is 0 Å². The summed E-state index contributed by atoms with van der Waals surface area (Å²) in [6, 6.07) is 8.45. The topological polar surface area (TPSA) is 17.5 Å². The third-order valence-corrected chi connectivity index (χ3v) is 3.87. The molecule has 3 heteroatoms. The highest BCUT2D eigenvalue weighted by Crippen LogP contribution is 2.32. The Bertz CT molecular complexity index is 475. The van der Waals surface area contributed by atoms with Crippen LogP contribution in [0.4, 0.5) is 0 Å². The zero-order chi connectivity index (χ0) is 10.4. The van der Waals surface area contributed by atoms with Crippen molar-refractivity contribution in [1.29, 1.82) is 0 Å². The van der Waals surface area contributed by atoms with Crippen molar-refractivity contribution in [1.82, 2.24) is 4.57 Å². The van der Waals surface area contributed by atoms with Crippen LogP contribution in [0.15, 0.2) is 28.7 Å². The molecule has 1 saturated heterocycles. The molecule has 1 fully saturated rings. The maximum Gasteiger partial charge on any atom is 0.0864 e. The molecule has 15 heavy (non-hydrogen) atoms. The first-order valence-electron chi connectivity index (χ1n) is 5.11. The summed E-state index contributed by atoms with van der Waals surface area (Å²) in [5.74, 6) is 0. The summed E-state index contributed by atoms with van der Waals surface area (Å²) in [6.07, 6.45) is 1.44. The van der Waals surface area contributed by atoms with E-state index in [1.54, 1.807) is 0 Å². The van der Waals surface area contributed by atoms with Crippen LogP contribution in [0.2, 0.25) is 0 Å². The van der Waals surface area contributed by atoms with Gasteiger partial charge in [0.2, 0.25) is 0 Å². The number of halogens is 1. The molecular formula is C12H12BrNO. The minimum atomic E-state index is 0.435. The fourth-order valence-corrected chi connectivity index (χ4v) is 2.79. The van der Waals surface area contributed by atoms with E-state index in [0.717, 1.165) is 13.0 Å². The van der Waals surface area contributed by atoms with Crippen molar-refractivity contribution in [2.75, 3.05) is 6.61 Å². The lowest BCUT2D eigenvalue weighted by Crippen LogP contribution is -2.01. The summed E-state index contributed by atoms with van der Waals surface area (Å²) in [5.41, 5.74) is 2.61. The Balaban J connectivity index is 2.19. The van der Waals surface area contributed by atoms with Gasteiger partial charge in [0.05, 0.1) is 12.7 Å². The number of hydrogen-bond acceptors (Lipinski definition) is 1. The zero-order valence-electron chi connectivity index (χ0n) is 8.53. The second-order valence-corrected chi connectivity index (χ2v) is 4.79. The van der Waals surface area contributed by atoms with Crippen LogP contribution in [0.3, 0.4) is 0 Å². The number of hydrogen-bond donors (Lipinski definition) is 0. The lowest BCUT2D eigenvalue weighted by atomic mass is 10.2. The second-order valence-electron chi connectivity index (χ2n) is 4.00. The Morgan fingerprint density at radius 3 is 2.87 bits per heavy atom. The Morgan fingerprint density at radius 1 is 1.47 bits per heavy atom. The maximum absolute atomic E-state index is 5.28. The molecule has 2 nitrogen and oxygen atoms in total. The van der Waals surface area contributed by atoms with E-state index >= 15 is 0 Å². The summed E-state index contributed by atoms with van der Waals surface area (Å²) in [6.45, 7) is 0.911. The first kappa shape index (κ1) is 9.43. The first-order chi connectivity index (χ1) is 7.27. The molecule has 0 N–H and O–H groups in total. The van der Waals surface area contributed by atoms with Crippen LogP contribution in [0.25, 0.3) is 10.9 Å². The van der Waals surface area contributed by atoms with Crippen LogP contribution in [0.5, 0.6) is 0 Å². The van der Waals surface area contributed by atoms with Gasteiger partial charge >= 0.3 is 0 Å². The van der Waals surface area contributed by atoms with Gasteiger partial charge in [0.15, 0.2) is 0 Å². The molecule has 0 aliphatic carbocycles. The Kier molecular flexibility index (Phi) is 2.11. The number of aryl methyl sites for hydroxylation is 1. The van der Waals surface area contributed by atoms with Crippen molar-refractivity contribution in [2.24, 2.45) is 7.05 Å². The predicted molar refractivity (Wildman–Crippen MR) is 64.1 cm³/mol. The minimum absolute atomic E-state index is 0.435. The number of nitrogens with zero attached hydrogens (tertiary/aromatic N) is 1. The second kappa shape index (κ2) is 3.35. The van der Waals surface area contributed by atoms with E-state index in [2.05, 4.69) is 51.8 Å². The lowest BCUT2D eigenvalue weighted by Gasteiger charge is -2.02. The van der Waals surface area contributed by atoms with Crippen LogP contribution < -0.4 is 0 Å². The van der Waals surface area contributed by atoms with Gasteiger partial charge in [0, 0.05) is 34.5 Å². The number of epoxide rings is 1. The molecule has 0 radical (unpaired) electrons. The van der Waals surface area contributed by atoms with E-state index in [1.165, 1.54) is 21.1 Å². The molecule has 1 unspecified atom stereocenters. The number of aromatic nitrogens is 1. The molecule has 2 aromatic rings. The maximum atomic E-state index is 5.28. The van der Waals surface area contributed by atoms with Gasteiger partial charge in [-0.3, -0.25) is 0 Å². The molecule has 0 saturated carbocycles. The molecule has 1 aromatic carbocycles. The summed E-state index contributed by atoms with van der Waals surface area (Å²) in [7, 11) is 2.12. The molecule has 0 spiro atoms. The van der Waals surface area contributed by atoms with Crippen LogP contribution in [-0.4, -0.2) is 17.3 Å². The molecule has 1 atom stereocenters. The summed E-state index contributed by atoms with van der Waals surface area (Å²) < 4.78 is 8.75. The highest BCUT2D eigenvalue weighted by atomic mass is 79.9. The van der Waals surface area contributed by atoms with Crippen LogP contribution in [0, 0.1) is 0 Å². The number of ether oxygens (including phenoxy) is 1. The molecule has 2 heterocycles. The van der Waals surface area contributed by atoms with E-state index in [0.29, 0.717) is 6.10 Å². The highest BCUT2D eigenvalue weighted by molar-refractivity contribution is 9.10. The quantitative estimate of drug-likeness (QED) is 0.764. The van der Waals surface area contributed by atoms with Gasteiger partial charge in [0.25, 0.3) is 0 Å². The van der Waals surface area contributed by atoms with Gasteiger partial charge in [-0.25, -0.2) is 0 Å². The van der Waals surface area contributed by atoms with Gasteiger partial charge in [-0.2, -0.15) is 0 Å². The largest absolute Gasteiger partial charge is 0.373 e. The van der Waals surface area contributed by atoms with E-state index in [9.17, 15) is 0 Å². The fraction of sp³-hybridized carbons (Fsp3) is 0.333. The smallest absolute Gasteiger partial charge is 0.0864 e. The SMILES string of the molecule is Cn1c(CC2CO2)c(Br)c2ccccc21. The normalized spacial score (nSPS) is 19.7.